The molecule has 3 aromatic rings. The molecule has 0 unspecified atom stereocenters. The van der Waals surface area contributed by atoms with Gasteiger partial charge in [0.05, 0.1) is 28.8 Å². The van der Waals surface area contributed by atoms with Crippen LogP contribution in [-0.2, 0) is 29.4 Å². The number of aryl methyl sites for hydroxylation is 1. The summed E-state index contributed by atoms with van der Waals surface area (Å²) in [7, 11) is 0. The van der Waals surface area contributed by atoms with E-state index in [1.54, 1.807) is 12.1 Å². The van der Waals surface area contributed by atoms with E-state index < -0.39 is 34.7 Å². The summed E-state index contributed by atoms with van der Waals surface area (Å²) < 4.78 is 53.0. The third kappa shape index (κ3) is 4.41. The predicted molar refractivity (Wildman–Crippen MR) is 121 cm³/mol. The molecule has 2 aliphatic rings. The molecule has 1 amide bonds. The second kappa shape index (κ2) is 8.85. The van der Waals surface area contributed by atoms with E-state index in [4.69, 9.17) is 4.98 Å². The van der Waals surface area contributed by atoms with Crippen LogP contribution in [0.4, 0.5) is 17.6 Å². The number of hydrogen-bond donors (Lipinski definition) is 2. The van der Waals surface area contributed by atoms with Crippen LogP contribution in [0.15, 0.2) is 53.3 Å². The number of nitrogens with one attached hydrogen (secondary N) is 1. The zero-order valence-electron chi connectivity index (χ0n) is 19.1. The molecule has 1 fully saturated rings. The van der Waals surface area contributed by atoms with Crippen LogP contribution in [0.5, 0.6) is 0 Å². The molecule has 1 atom stereocenters. The van der Waals surface area contributed by atoms with Crippen molar-refractivity contribution in [3.8, 4) is 0 Å². The first-order chi connectivity index (χ1) is 17.1. The van der Waals surface area contributed by atoms with Gasteiger partial charge in [0.1, 0.15) is 11.6 Å². The zero-order chi connectivity index (χ0) is 25.7. The summed E-state index contributed by atoms with van der Waals surface area (Å²) in [5.41, 5.74) is -0.582. The number of benzene rings is 2. The summed E-state index contributed by atoms with van der Waals surface area (Å²) in [6.07, 6.45) is -4.12. The number of alkyl halides is 3. The molecule has 5 rings (SSSR count). The first-order valence-electron chi connectivity index (χ1n) is 11.6. The molecule has 6 nitrogen and oxygen atoms in total. The van der Waals surface area contributed by atoms with Gasteiger partial charge in [-0.25, -0.2) is 9.37 Å². The maximum absolute atomic E-state index is 13.8. The Balaban J connectivity index is 1.41. The fraction of sp³-hybridized carbons (Fsp3) is 0.346. The van der Waals surface area contributed by atoms with Crippen molar-refractivity contribution < 1.29 is 27.5 Å². The number of hydrogen-bond acceptors (Lipinski definition) is 4. The second-order valence-electron chi connectivity index (χ2n) is 9.32. The van der Waals surface area contributed by atoms with Crippen LogP contribution < -0.4 is 5.56 Å². The monoisotopic (exact) mass is 501 g/mol. The number of halogens is 4. The summed E-state index contributed by atoms with van der Waals surface area (Å²) >= 11 is 0. The minimum Gasteiger partial charge on any atom is -0.378 e. The molecule has 0 radical (unpaired) electrons. The van der Waals surface area contributed by atoms with E-state index in [1.807, 2.05) is 0 Å². The van der Waals surface area contributed by atoms with Gasteiger partial charge in [-0.1, -0.05) is 24.3 Å². The van der Waals surface area contributed by atoms with E-state index in [2.05, 4.69) is 4.98 Å². The van der Waals surface area contributed by atoms with Crippen molar-refractivity contribution in [3.63, 3.8) is 0 Å². The Hall–Kier alpha value is -3.53. The first kappa shape index (κ1) is 24.2. The molecular formula is C26H23F4N3O3. The van der Waals surface area contributed by atoms with Crippen LogP contribution in [0.3, 0.4) is 0 Å². The van der Waals surface area contributed by atoms with Gasteiger partial charge in [-0.15, -0.1) is 0 Å². The third-order valence-corrected chi connectivity index (χ3v) is 6.95. The quantitative estimate of drug-likeness (QED) is 0.529. The minimum absolute atomic E-state index is 0.125. The molecule has 36 heavy (non-hydrogen) atoms. The van der Waals surface area contributed by atoms with Crippen molar-refractivity contribution >= 4 is 5.91 Å². The van der Waals surface area contributed by atoms with Gasteiger partial charge in [0.2, 0.25) is 0 Å². The average molecular weight is 501 g/mol. The van der Waals surface area contributed by atoms with E-state index in [0.29, 0.717) is 37.2 Å². The minimum atomic E-state index is -4.61. The normalized spacial score (nSPS) is 17.8. The van der Waals surface area contributed by atoms with Crippen LogP contribution in [-0.4, -0.2) is 32.4 Å². The lowest BCUT2D eigenvalue weighted by Gasteiger charge is -2.24. The number of rotatable bonds is 4. The zero-order valence-corrected chi connectivity index (χ0v) is 19.1. The average Bonchev–Trinajstić information content (AvgIpc) is 3.67. The smallest absolute Gasteiger partial charge is 0.378 e. The highest BCUT2D eigenvalue weighted by Crippen LogP contribution is 2.52. The summed E-state index contributed by atoms with van der Waals surface area (Å²) in [6.45, 7) is 0.0782. The molecule has 0 saturated heterocycles. The molecule has 1 aliphatic carbocycles. The van der Waals surface area contributed by atoms with E-state index in [9.17, 15) is 32.3 Å². The SMILES string of the molecule is O=C([C@H](O)c1cccc(C(F)(F)F)c1)N1CCCc2nc(C3(c4cccc(F)c4)CC3)[nH]c(=O)c2C1. The van der Waals surface area contributed by atoms with Gasteiger partial charge in [-0.05, 0) is 61.1 Å². The first-order valence-corrected chi connectivity index (χ1v) is 11.6. The summed E-state index contributed by atoms with van der Waals surface area (Å²) in [5.74, 6) is -0.700. The van der Waals surface area contributed by atoms with Gasteiger partial charge in [-0.2, -0.15) is 13.2 Å². The maximum atomic E-state index is 13.8. The molecule has 0 spiro atoms. The number of fused-ring (bicyclic) bond motifs is 1. The van der Waals surface area contributed by atoms with Crippen molar-refractivity contribution in [1.29, 1.82) is 0 Å². The molecule has 2 N–H and O–H groups in total. The fourth-order valence-electron chi connectivity index (χ4n) is 4.81. The number of aliphatic hydroxyl groups excluding tert-OH is 1. The van der Waals surface area contributed by atoms with Crippen LogP contribution in [0.1, 0.15) is 59.1 Å². The standard InChI is InChI=1S/C26H23F4N3O3/c27-18-7-2-5-16(13-18)25(9-10-25)24-31-20-8-3-11-33(14-19(20)22(35)32-24)23(36)21(34)15-4-1-6-17(12-15)26(28,29)30/h1-2,4-7,12-13,21,34H,3,8-11,14H2,(H,31,32,35)/t21-/m1/s1. The molecular weight excluding hydrogens is 478 g/mol. The number of carbonyl (C=O) groups excluding carboxylic acids is 1. The second-order valence-corrected chi connectivity index (χ2v) is 9.32. The molecule has 10 heteroatoms. The number of aromatic nitrogens is 2. The molecule has 1 aliphatic heterocycles. The van der Waals surface area contributed by atoms with Gasteiger partial charge in [0, 0.05) is 6.54 Å². The number of H-pyrrole nitrogens is 1. The van der Waals surface area contributed by atoms with Gasteiger partial charge in [0.15, 0.2) is 6.10 Å². The lowest BCUT2D eigenvalue weighted by Crippen LogP contribution is -2.36. The molecule has 2 heterocycles. The Morgan fingerprint density at radius 3 is 2.58 bits per heavy atom. The van der Waals surface area contributed by atoms with Crippen LogP contribution in [0.25, 0.3) is 0 Å². The Morgan fingerprint density at radius 1 is 1.14 bits per heavy atom. The van der Waals surface area contributed by atoms with Crippen molar-refractivity contribution in [2.24, 2.45) is 0 Å². The number of aliphatic hydroxyl groups is 1. The fourth-order valence-corrected chi connectivity index (χ4v) is 4.81. The Kier molecular flexibility index (Phi) is 5.94. The summed E-state index contributed by atoms with van der Waals surface area (Å²) in [5, 5.41) is 10.6. The van der Waals surface area contributed by atoms with Crippen molar-refractivity contribution in [2.75, 3.05) is 6.54 Å². The number of aromatic amines is 1. The lowest BCUT2D eigenvalue weighted by atomic mass is 9.94. The van der Waals surface area contributed by atoms with Gasteiger partial charge < -0.3 is 15.0 Å². The van der Waals surface area contributed by atoms with E-state index in [0.717, 1.165) is 23.8 Å². The van der Waals surface area contributed by atoms with Crippen LogP contribution in [0, 0.1) is 5.82 Å². The van der Waals surface area contributed by atoms with Crippen LogP contribution in [0.2, 0.25) is 0 Å². The highest BCUT2D eigenvalue weighted by Gasteiger charge is 2.49. The number of nitrogens with zero attached hydrogens (tertiary/aromatic N) is 2. The summed E-state index contributed by atoms with van der Waals surface area (Å²) in [6, 6.07) is 10.2. The Morgan fingerprint density at radius 2 is 1.89 bits per heavy atom. The maximum Gasteiger partial charge on any atom is 0.416 e. The van der Waals surface area contributed by atoms with Crippen molar-refractivity contribution in [2.45, 2.75) is 49.9 Å². The highest BCUT2D eigenvalue weighted by atomic mass is 19.4. The number of carbonyl (C=O) groups is 1. The molecule has 1 aromatic heterocycles. The van der Waals surface area contributed by atoms with Gasteiger partial charge in [-0.3, -0.25) is 9.59 Å². The van der Waals surface area contributed by atoms with Gasteiger partial charge in [0.25, 0.3) is 11.5 Å². The van der Waals surface area contributed by atoms with Gasteiger partial charge >= 0.3 is 6.18 Å². The third-order valence-electron chi connectivity index (χ3n) is 6.95. The Bertz CT molecular complexity index is 1380. The molecule has 188 valence electrons. The van der Waals surface area contributed by atoms with Crippen LogP contribution >= 0.6 is 0 Å². The van der Waals surface area contributed by atoms with E-state index in [1.165, 1.54) is 23.1 Å². The van der Waals surface area contributed by atoms with E-state index in [-0.39, 0.29) is 30.0 Å². The highest BCUT2D eigenvalue weighted by molar-refractivity contribution is 5.82. The molecule has 2 aromatic carbocycles. The van der Waals surface area contributed by atoms with Crippen molar-refractivity contribution in [3.05, 3.63) is 98.5 Å². The molecule has 0 bridgehead atoms. The topological polar surface area (TPSA) is 86.3 Å². The Labute approximate surface area is 203 Å². The molecule has 1 saturated carbocycles. The van der Waals surface area contributed by atoms with E-state index >= 15 is 0 Å². The summed E-state index contributed by atoms with van der Waals surface area (Å²) in [4.78, 5) is 34.9. The van der Waals surface area contributed by atoms with Crippen molar-refractivity contribution in [1.82, 2.24) is 14.9 Å². The predicted octanol–water partition coefficient (Wildman–Crippen LogP) is 4.02. The number of amides is 1. The lowest BCUT2D eigenvalue weighted by molar-refractivity contribution is -0.142. The largest absolute Gasteiger partial charge is 0.416 e.